The second-order valence-corrected chi connectivity index (χ2v) is 9.42. The first-order chi connectivity index (χ1) is 15.5. The number of nitrogens with one attached hydrogen (secondary N) is 1. The lowest BCUT2D eigenvalue weighted by molar-refractivity contribution is 0.0730. The summed E-state index contributed by atoms with van der Waals surface area (Å²) in [5.74, 6) is -0.867. The minimum Gasteiger partial charge on any atom is -0.379 e. The maximum Gasteiger partial charge on any atom is 0.271 e. The van der Waals surface area contributed by atoms with Gasteiger partial charge in [-0.2, -0.15) is 9.41 Å². The van der Waals surface area contributed by atoms with E-state index in [2.05, 4.69) is 10.5 Å². The van der Waals surface area contributed by atoms with Crippen LogP contribution in [0.3, 0.4) is 0 Å². The summed E-state index contributed by atoms with van der Waals surface area (Å²) in [5.41, 5.74) is 3.90. The third kappa shape index (κ3) is 3.40. The molecule has 1 heterocycles. The fourth-order valence-corrected chi connectivity index (χ4v) is 5.45. The topological polar surface area (TPSA) is 105 Å². The van der Waals surface area contributed by atoms with Crippen molar-refractivity contribution in [3.63, 3.8) is 0 Å². The molecule has 1 saturated heterocycles. The van der Waals surface area contributed by atoms with Crippen LogP contribution in [0, 0.1) is 0 Å². The molecule has 1 aliphatic carbocycles. The first kappa shape index (κ1) is 20.5. The Morgan fingerprint density at radius 2 is 1.66 bits per heavy atom. The quantitative estimate of drug-likeness (QED) is 0.615. The minimum absolute atomic E-state index is 0.0221. The van der Waals surface area contributed by atoms with Crippen molar-refractivity contribution in [2.45, 2.75) is 4.90 Å². The summed E-state index contributed by atoms with van der Waals surface area (Å²) in [6, 6.07) is 16.8. The lowest BCUT2D eigenvalue weighted by atomic mass is 10.1. The number of amides is 1. The molecule has 1 N–H and O–H groups in total. The zero-order valence-electron chi connectivity index (χ0n) is 16.9. The molecule has 9 heteroatoms. The Labute approximate surface area is 184 Å². The lowest BCUT2D eigenvalue weighted by Gasteiger charge is -2.26. The van der Waals surface area contributed by atoms with Crippen molar-refractivity contribution in [1.29, 1.82) is 0 Å². The molecule has 3 aromatic carbocycles. The van der Waals surface area contributed by atoms with Gasteiger partial charge < -0.3 is 4.74 Å². The monoisotopic (exact) mass is 449 g/mol. The summed E-state index contributed by atoms with van der Waals surface area (Å²) in [5, 5.41) is 5.83. The number of carbonyl (C=O) groups is 2. The van der Waals surface area contributed by atoms with Crippen molar-refractivity contribution in [3.8, 4) is 0 Å². The highest BCUT2D eigenvalue weighted by atomic mass is 32.2. The minimum atomic E-state index is -3.74. The van der Waals surface area contributed by atoms with Crippen LogP contribution in [-0.4, -0.2) is 56.4 Å². The van der Waals surface area contributed by atoms with E-state index in [-0.39, 0.29) is 35.0 Å². The third-order valence-corrected chi connectivity index (χ3v) is 7.49. The molecule has 1 fully saturated rings. The summed E-state index contributed by atoms with van der Waals surface area (Å²) < 4.78 is 32.3. The Kier molecular flexibility index (Phi) is 5.09. The Hall–Kier alpha value is -3.40. The summed E-state index contributed by atoms with van der Waals surface area (Å²) >= 11 is 0. The van der Waals surface area contributed by atoms with Gasteiger partial charge >= 0.3 is 0 Å². The molecule has 2 aliphatic rings. The van der Waals surface area contributed by atoms with Gasteiger partial charge in [0.1, 0.15) is 5.71 Å². The fraction of sp³-hybridized carbons (Fsp3) is 0.174. The predicted octanol–water partition coefficient (Wildman–Crippen LogP) is 2.19. The number of benzene rings is 3. The number of sulfonamides is 1. The third-order valence-electron chi connectivity index (χ3n) is 5.59. The first-order valence-corrected chi connectivity index (χ1v) is 11.5. The normalized spacial score (nSPS) is 17.8. The highest BCUT2D eigenvalue weighted by Gasteiger charge is 2.29. The standard InChI is InChI=1S/C23H19N3O5S/c27-22-19-9-3-5-15-4-2-8-18(20(15)19)21(22)24-25-23(28)16-6-1-7-17(14-16)32(29,30)26-10-12-31-13-11-26/h1-9,14H,10-13H2,(H,25,28)/b24-21-. The van der Waals surface area contributed by atoms with Crippen LogP contribution < -0.4 is 5.43 Å². The fourth-order valence-electron chi connectivity index (χ4n) is 3.99. The molecule has 32 heavy (non-hydrogen) atoms. The number of rotatable bonds is 4. The van der Waals surface area contributed by atoms with Crippen LogP contribution in [0.15, 0.2) is 70.7 Å². The molecular formula is C23H19N3O5S. The Morgan fingerprint density at radius 3 is 2.41 bits per heavy atom. The lowest BCUT2D eigenvalue weighted by Crippen LogP contribution is -2.40. The smallest absolute Gasteiger partial charge is 0.271 e. The first-order valence-electron chi connectivity index (χ1n) is 10.1. The van der Waals surface area contributed by atoms with Crippen molar-refractivity contribution in [3.05, 3.63) is 77.4 Å². The molecular weight excluding hydrogens is 430 g/mol. The molecule has 162 valence electrons. The highest BCUT2D eigenvalue weighted by molar-refractivity contribution is 7.89. The molecule has 0 aromatic heterocycles. The number of carbonyl (C=O) groups excluding carboxylic acids is 2. The van der Waals surface area contributed by atoms with Crippen molar-refractivity contribution in [2.24, 2.45) is 5.10 Å². The van der Waals surface area contributed by atoms with E-state index in [0.29, 0.717) is 24.3 Å². The van der Waals surface area contributed by atoms with E-state index in [1.54, 1.807) is 18.2 Å². The zero-order valence-corrected chi connectivity index (χ0v) is 17.8. The van der Waals surface area contributed by atoms with Crippen LogP contribution >= 0.6 is 0 Å². The van der Waals surface area contributed by atoms with E-state index >= 15 is 0 Å². The van der Waals surface area contributed by atoms with Crippen molar-refractivity contribution in [1.82, 2.24) is 9.73 Å². The van der Waals surface area contributed by atoms with Gasteiger partial charge in [-0.3, -0.25) is 9.59 Å². The molecule has 1 amide bonds. The summed E-state index contributed by atoms with van der Waals surface area (Å²) in [4.78, 5) is 25.6. The molecule has 8 nitrogen and oxygen atoms in total. The van der Waals surface area contributed by atoms with Crippen LogP contribution in [0.25, 0.3) is 10.8 Å². The van der Waals surface area contributed by atoms with E-state index in [4.69, 9.17) is 4.74 Å². The second kappa shape index (κ2) is 7.94. The highest BCUT2D eigenvalue weighted by Crippen LogP contribution is 2.30. The van der Waals surface area contributed by atoms with Gasteiger partial charge in [0, 0.05) is 35.2 Å². The van der Waals surface area contributed by atoms with E-state index < -0.39 is 15.9 Å². The van der Waals surface area contributed by atoms with Crippen molar-refractivity contribution < 1.29 is 22.7 Å². The molecule has 0 saturated carbocycles. The average molecular weight is 449 g/mol. The van der Waals surface area contributed by atoms with Gasteiger partial charge in [-0.05, 0) is 23.6 Å². The maximum atomic E-state index is 12.9. The van der Waals surface area contributed by atoms with Crippen molar-refractivity contribution >= 4 is 38.2 Å². The molecule has 0 atom stereocenters. The van der Waals surface area contributed by atoms with E-state index in [9.17, 15) is 18.0 Å². The molecule has 0 spiro atoms. The number of ether oxygens (including phenoxy) is 1. The van der Waals surface area contributed by atoms with Gasteiger partial charge in [-0.1, -0.05) is 42.5 Å². The number of hydrogen-bond acceptors (Lipinski definition) is 6. The van der Waals surface area contributed by atoms with Crippen LogP contribution in [-0.2, 0) is 14.8 Å². The maximum absolute atomic E-state index is 12.9. The largest absolute Gasteiger partial charge is 0.379 e. The molecule has 0 bridgehead atoms. The van der Waals surface area contributed by atoms with Gasteiger partial charge in [-0.15, -0.1) is 0 Å². The van der Waals surface area contributed by atoms with E-state index in [0.717, 1.165) is 10.8 Å². The van der Waals surface area contributed by atoms with Gasteiger partial charge in [0.2, 0.25) is 15.8 Å². The zero-order chi connectivity index (χ0) is 22.3. The summed E-state index contributed by atoms with van der Waals surface area (Å²) in [7, 11) is -3.74. The molecule has 5 rings (SSSR count). The molecule has 0 radical (unpaired) electrons. The van der Waals surface area contributed by atoms with Crippen LogP contribution in [0.4, 0.5) is 0 Å². The summed E-state index contributed by atoms with van der Waals surface area (Å²) in [6.07, 6.45) is 0. The number of Topliss-reactive ketones (excluding diaryl/α,β-unsaturated/α-hetero) is 1. The Morgan fingerprint density at radius 1 is 0.969 bits per heavy atom. The van der Waals surface area contributed by atoms with E-state index in [1.807, 2.05) is 18.2 Å². The van der Waals surface area contributed by atoms with Gasteiger partial charge in [-0.25, -0.2) is 13.8 Å². The average Bonchev–Trinajstić information content (AvgIpc) is 3.11. The summed E-state index contributed by atoms with van der Waals surface area (Å²) in [6.45, 7) is 1.20. The van der Waals surface area contributed by atoms with Crippen molar-refractivity contribution in [2.75, 3.05) is 26.3 Å². The SMILES string of the molecule is O=C(N/N=C1\C(=O)c2cccc3cccc1c23)c1cccc(S(=O)(=O)N2CCOCC2)c1. The number of nitrogens with zero attached hydrogens (tertiary/aromatic N) is 2. The van der Waals surface area contributed by atoms with Crippen LogP contribution in [0.1, 0.15) is 26.3 Å². The molecule has 3 aromatic rings. The molecule has 0 unspecified atom stereocenters. The number of morpholine rings is 1. The number of ketones is 1. The van der Waals surface area contributed by atoms with Gasteiger partial charge in [0.15, 0.2) is 0 Å². The predicted molar refractivity (Wildman–Crippen MR) is 118 cm³/mol. The second-order valence-electron chi connectivity index (χ2n) is 7.48. The van der Waals surface area contributed by atoms with Gasteiger partial charge in [0.25, 0.3) is 5.91 Å². The Balaban J connectivity index is 1.41. The van der Waals surface area contributed by atoms with Crippen LogP contribution in [0.2, 0.25) is 0 Å². The Bertz CT molecular complexity index is 1390. The number of hydrazone groups is 1. The number of hydrogen-bond donors (Lipinski definition) is 1. The molecule has 1 aliphatic heterocycles. The van der Waals surface area contributed by atoms with Crippen LogP contribution in [0.5, 0.6) is 0 Å². The van der Waals surface area contributed by atoms with Gasteiger partial charge in [0.05, 0.1) is 18.1 Å². The van der Waals surface area contributed by atoms with E-state index in [1.165, 1.54) is 28.6 Å².